The van der Waals surface area contributed by atoms with E-state index in [2.05, 4.69) is 0 Å². The molecule has 0 fully saturated rings. The summed E-state index contributed by atoms with van der Waals surface area (Å²) in [5.41, 5.74) is -0.828. The number of rotatable bonds is 5. The molecule has 1 atom stereocenters. The number of ketones is 1. The predicted octanol–water partition coefficient (Wildman–Crippen LogP) is 1.94. The van der Waals surface area contributed by atoms with Gasteiger partial charge in [0.1, 0.15) is 18.1 Å². The van der Waals surface area contributed by atoms with Crippen LogP contribution in [0.4, 0.5) is 0 Å². The van der Waals surface area contributed by atoms with Crippen molar-refractivity contribution in [2.24, 2.45) is 0 Å². The van der Waals surface area contributed by atoms with Crippen molar-refractivity contribution in [3.63, 3.8) is 0 Å². The summed E-state index contributed by atoms with van der Waals surface area (Å²) in [6.45, 7) is 6.76. The number of Topliss-reactive ketones (excluding diaryl/α,β-unsaturated/α-hetero) is 1. The Hall–Kier alpha value is -0.756. The van der Waals surface area contributed by atoms with Crippen molar-refractivity contribution in [3.05, 3.63) is 30.3 Å². The van der Waals surface area contributed by atoms with Gasteiger partial charge in [0.25, 0.3) is 0 Å². The molecule has 0 saturated heterocycles. The molecule has 0 bridgehead atoms. The SMILES string of the molecule is CC(=O)CC(C)(C)O.CC(O)COc1ccccc1.[O-2].[O-2].[Ti+4]. The molecule has 0 aliphatic rings. The second-order valence-electron chi connectivity index (χ2n) is 5.16. The van der Waals surface area contributed by atoms with Crippen LogP contribution in [-0.2, 0) is 37.5 Å². The van der Waals surface area contributed by atoms with E-state index in [1.807, 2.05) is 30.3 Å². The molecule has 0 radical (unpaired) electrons. The normalized spacial score (nSPS) is 10.5. The van der Waals surface area contributed by atoms with E-state index >= 15 is 0 Å². The molecule has 1 rings (SSSR count). The number of carbonyl (C=O) groups excluding carboxylic acids is 1. The first-order valence-electron chi connectivity index (χ1n) is 6.28. The Morgan fingerprint density at radius 3 is 1.95 bits per heavy atom. The average Bonchev–Trinajstić information content (AvgIpc) is 2.25. The number of para-hydroxylation sites is 1. The third-order valence-corrected chi connectivity index (χ3v) is 1.92. The number of benzene rings is 1. The molecule has 1 aromatic rings. The second-order valence-corrected chi connectivity index (χ2v) is 5.16. The molecular formula is C15H24O6Ti. The van der Waals surface area contributed by atoms with Crippen molar-refractivity contribution in [2.45, 2.75) is 45.8 Å². The Labute approximate surface area is 147 Å². The van der Waals surface area contributed by atoms with Gasteiger partial charge in [-0.05, 0) is 39.8 Å². The number of aliphatic hydroxyl groups excluding tert-OH is 1. The van der Waals surface area contributed by atoms with Crippen LogP contribution in [0.2, 0.25) is 0 Å². The van der Waals surface area contributed by atoms with Gasteiger partial charge in [0.2, 0.25) is 0 Å². The minimum Gasteiger partial charge on any atom is -2.00 e. The van der Waals surface area contributed by atoms with E-state index < -0.39 is 11.7 Å². The molecule has 22 heavy (non-hydrogen) atoms. The van der Waals surface area contributed by atoms with Crippen LogP contribution in [0.15, 0.2) is 30.3 Å². The van der Waals surface area contributed by atoms with Gasteiger partial charge in [0.05, 0.1) is 11.7 Å². The molecule has 1 aromatic carbocycles. The summed E-state index contributed by atoms with van der Waals surface area (Å²) in [6.07, 6.45) is -0.164. The van der Waals surface area contributed by atoms with Crippen molar-refractivity contribution >= 4 is 5.78 Å². The Kier molecular flexibility index (Phi) is 20.2. The fourth-order valence-electron chi connectivity index (χ4n) is 1.34. The van der Waals surface area contributed by atoms with Crippen LogP contribution < -0.4 is 4.74 Å². The maximum atomic E-state index is 10.3. The van der Waals surface area contributed by atoms with Gasteiger partial charge in [0, 0.05) is 6.42 Å². The zero-order valence-electron chi connectivity index (χ0n) is 13.4. The van der Waals surface area contributed by atoms with Crippen LogP contribution in [0.1, 0.15) is 34.1 Å². The van der Waals surface area contributed by atoms with Gasteiger partial charge in [-0.1, -0.05) is 18.2 Å². The van der Waals surface area contributed by atoms with Crippen LogP contribution in [0, 0.1) is 0 Å². The van der Waals surface area contributed by atoms with Crippen LogP contribution in [0.25, 0.3) is 0 Å². The molecule has 1 unspecified atom stereocenters. The topological polar surface area (TPSA) is 124 Å². The quantitative estimate of drug-likeness (QED) is 0.789. The molecule has 0 amide bonds. The summed E-state index contributed by atoms with van der Waals surface area (Å²) in [5, 5.41) is 17.9. The van der Waals surface area contributed by atoms with Gasteiger partial charge >= 0.3 is 21.7 Å². The molecule has 2 N–H and O–H groups in total. The van der Waals surface area contributed by atoms with Gasteiger partial charge in [0.15, 0.2) is 0 Å². The third-order valence-electron chi connectivity index (χ3n) is 1.92. The van der Waals surface area contributed by atoms with Gasteiger partial charge in [-0.15, -0.1) is 0 Å². The summed E-state index contributed by atoms with van der Waals surface area (Å²) in [5.74, 6) is 0.825. The number of hydrogen-bond donors (Lipinski definition) is 2. The van der Waals surface area contributed by atoms with E-state index in [4.69, 9.17) is 14.9 Å². The predicted molar refractivity (Wildman–Crippen MR) is 76.6 cm³/mol. The summed E-state index contributed by atoms with van der Waals surface area (Å²) < 4.78 is 5.22. The average molecular weight is 348 g/mol. The first-order chi connectivity index (χ1) is 8.70. The van der Waals surface area contributed by atoms with E-state index in [9.17, 15) is 4.79 Å². The van der Waals surface area contributed by atoms with Crippen LogP contribution in [0.3, 0.4) is 0 Å². The standard InChI is InChI=1S/C9H12O2.C6H12O2.2O.Ti/c1-8(10)7-11-9-5-3-2-4-6-9;1-5(7)4-6(2,3)8;;;/h2-6,8,10H,7H2,1H3;8H,4H2,1-3H3;;;/q;;2*-2;+4. The van der Waals surface area contributed by atoms with E-state index in [1.54, 1.807) is 20.8 Å². The van der Waals surface area contributed by atoms with Gasteiger partial charge in [-0.3, -0.25) is 4.79 Å². The summed E-state index contributed by atoms with van der Waals surface area (Å²) in [4.78, 5) is 10.3. The summed E-state index contributed by atoms with van der Waals surface area (Å²) >= 11 is 0. The van der Waals surface area contributed by atoms with Gasteiger partial charge in [-0.25, -0.2) is 0 Å². The molecule has 0 spiro atoms. The molecule has 0 saturated carbocycles. The number of hydrogen-bond acceptors (Lipinski definition) is 4. The van der Waals surface area contributed by atoms with Crippen LogP contribution in [-0.4, -0.2) is 34.3 Å². The number of ether oxygens (including phenoxy) is 1. The van der Waals surface area contributed by atoms with E-state index in [-0.39, 0.29) is 44.9 Å². The molecule has 0 aliphatic carbocycles. The number of aliphatic hydroxyl groups is 2. The molecule has 0 heterocycles. The smallest absolute Gasteiger partial charge is 2.00 e. The third kappa shape index (κ3) is 21.5. The maximum absolute atomic E-state index is 10.3. The van der Waals surface area contributed by atoms with Crippen molar-refractivity contribution < 1.29 is 52.4 Å². The minimum absolute atomic E-state index is 0. The maximum Gasteiger partial charge on any atom is 4.00 e. The van der Waals surface area contributed by atoms with Crippen molar-refractivity contribution in [3.8, 4) is 5.75 Å². The first-order valence-corrected chi connectivity index (χ1v) is 6.28. The molecule has 0 aliphatic heterocycles. The fourth-order valence-corrected chi connectivity index (χ4v) is 1.34. The van der Waals surface area contributed by atoms with E-state index in [0.29, 0.717) is 6.61 Å². The van der Waals surface area contributed by atoms with E-state index in [0.717, 1.165) is 5.75 Å². The first kappa shape index (κ1) is 29.3. The van der Waals surface area contributed by atoms with Crippen LogP contribution in [0.5, 0.6) is 5.75 Å². The van der Waals surface area contributed by atoms with Crippen LogP contribution >= 0.6 is 0 Å². The molecular weight excluding hydrogens is 324 g/mol. The summed E-state index contributed by atoms with van der Waals surface area (Å²) in [7, 11) is 0. The molecule has 7 heteroatoms. The van der Waals surface area contributed by atoms with Crippen molar-refractivity contribution in [1.82, 2.24) is 0 Å². The Balaban J connectivity index is -0.000000135. The van der Waals surface area contributed by atoms with Crippen molar-refractivity contribution in [2.75, 3.05) is 6.61 Å². The summed E-state index contributed by atoms with van der Waals surface area (Å²) in [6, 6.07) is 9.45. The van der Waals surface area contributed by atoms with Gasteiger partial charge < -0.3 is 25.9 Å². The van der Waals surface area contributed by atoms with E-state index in [1.165, 1.54) is 6.92 Å². The molecule has 0 aromatic heterocycles. The largest absolute Gasteiger partial charge is 4.00 e. The zero-order valence-corrected chi connectivity index (χ0v) is 15.0. The van der Waals surface area contributed by atoms with Gasteiger partial charge in [-0.2, -0.15) is 0 Å². The molecule has 6 nitrogen and oxygen atoms in total. The number of carbonyl (C=O) groups is 1. The Morgan fingerprint density at radius 1 is 1.23 bits per heavy atom. The Morgan fingerprint density at radius 2 is 1.68 bits per heavy atom. The van der Waals surface area contributed by atoms with Crippen molar-refractivity contribution in [1.29, 1.82) is 0 Å². The Bertz CT molecular complexity index is 362. The zero-order chi connectivity index (χ0) is 14.9. The minimum atomic E-state index is -0.828. The monoisotopic (exact) mass is 348 g/mol. The fraction of sp³-hybridized carbons (Fsp3) is 0.533. The molecule has 124 valence electrons. The second kappa shape index (κ2) is 15.2.